The number of methoxy groups -OCH3 is 2. The predicted octanol–water partition coefficient (Wildman–Crippen LogP) is 3.94. The number of aryl methyl sites for hydroxylation is 1. The summed E-state index contributed by atoms with van der Waals surface area (Å²) in [5.41, 5.74) is 1.32. The Balaban J connectivity index is 0.000000845. The molecule has 9 unspecified atom stereocenters. The molecule has 2 saturated heterocycles. The third kappa shape index (κ3) is 14.2. The van der Waals surface area contributed by atoms with E-state index in [1.807, 2.05) is 32.0 Å². The second kappa shape index (κ2) is 24.0. The third-order valence-electron chi connectivity index (χ3n) is 10.7. The molecule has 0 aromatic heterocycles. The predicted molar refractivity (Wildman–Crippen MR) is 209 cm³/mol. The Kier molecular flexibility index (Phi) is 21.0. The third-order valence-corrected chi connectivity index (χ3v) is 11.1. The fraction of sp³-hybridized carbons (Fsp3) is 0.744. The summed E-state index contributed by atoms with van der Waals surface area (Å²) in [5, 5.41) is 8.70. The number of rotatable bonds is 16. The number of piperidine rings is 1. The minimum atomic E-state index is -2.26. The fourth-order valence-electron chi connectivity index (χ4n) is 7.72. The van der Waals surface area contributed by atoms with Gasteiger partial charge >= 0.3 is 0 Å². The molecule has 1 aromatic rings. The molecule has 3 aliphatic rings. The van der Waals surface area contributed by atoms with Crippen molar-refractivity contribution in [2.24, 2.45) is 17.8 Å². The van der Waals surface area contributed by atoms with Crippen LogP contribution in [-0.4, -0.2) is 120 Å². The lowest BCUT2D eigenvalue weighted by atomic mass is 9.90. The number of hydrogen-bond acceptors (Lipinski definition) is 9. The summed E-state index contributed by atoms with van der Waals surface area (Å²) < 4.78 is 11.6. The minimum absolute atomic E-state index is 0.0167. The zero-order valence-electron chi connectivity index (χ0n) is 33.5. The van der Waals surface area contributed by atoms with Gasteiger partial charge in [0.05, 0.1) is 55.5 Å². The molecule has 14 heteroatoms. The molecule has 1 aromatic carbocycles. The van der Waals surface area contributed by atoms with Crippen molar-refractivity contribution in [1.29, 1.82) is 0 Å². The van der Waals surface area contributed by atoms with Gasteiger partial charge in [-0.15, -0.1) is 0 Å². The molecule has 5 N–H and O–H groups in total. The van der Waals surface area contributed by atoms with Crippen molar-refractivity contribution in [2.75, 3.05) is 40.6 Å². The molecule has 4 amide bonds. The van der Waals surface area contributed by atoms with Crippen molar-refractivity contribution < 1.29 is 38.4 Å². The van der Waals surface area contributed by atoms with Gasteiger partial charge in [0.25, 0.3) is 0 Å². The van der Waals surface area contributed by atoms with Gasteiger partial charge in [-0.3, -0.25) is 19.2 Å². The first-order chi connectivity index (χ1) is 25.2. The minimum Gasteiger partial charge on any atom is -0.379 e. The van der Waals surface area contributed by atoms with Crippen LogP contribution in [-0.2, 0) is 28.7 Å². The van der Waals surface area contributed by atoms with Crippen LogP contribution in [0.1, 0.15) is 91.5 Å². The Morgan fingerprint density at radius 3 is 2.17 bits per heavy atom. The second-order valence-electron chi connectivity index (χ2n) is 14.7. The van der Waals surface area contributed by atoms with Crippen LogP contribution in [0.25, 0.3) is 0 Å². The molecule has 2 bridgehead atoms. The molecule has 13 nitrogen and oxygen atoms in total. The highest BCUT2D eigenvalue weighted by atomic mass is 31.2. The molecule has 0 radical (unpaired) electrons. The lowest BCUT2D eigenvalue weighted by molar-refractivity contribution is -0.145. The van der Waals surface area contributed by atoms with Crippen LogP contribution in [0.2, 0.25) is 0 Å². The van der Waals surface area contributed by atoms with Crippen LogP contribution in [0.5, 0.6) is 0 Å². The summed E-state index contributed by atoms with van der Waals surface area (Å²) in [6.45, 7) is 12.5. The molecule has 1 aliphatic carbocycles. The van der Waals surface area contributed by atoms with Crippen molar-refractivity contribution in [3.05, 3.63) is 35.9 Å². The lowest BCUT2D eigenvalue weighted by Gasteiger charge is -2.39. The summed E-state index contributed by atoms with van der Waals surface area (Å²) in [5.74, 6) is -1.20. The Bertz CT molecular complexity index is 1260. The van der Waals surface area contributed by atoms with Gasteiger partial charge in [-0.1, -0.05) is 83.4 Å². The number of carbonyl (C=O) groups excluding carboxylic acids is 4. The highest BCUT2D eigenvalue weighted by Crippen LogP contribution is 2.35. The number of carbonyl (C=O) groups is 4. The number of nitrogens with zero attached hydrogens (tertiary/aromatic N) is 2. The maximum Gasteiger partial charge on any atom is 0.242 e. The van der Waals surface area contributed by atoms with Gasteiger partial charge in [-0.2, -0.15) is 0 Å². The first kappa shape index (κ1) is 46.5. The van der Waals surface area contributed by atoms with Crippen molar-refractivity contribution >= 4 is 32.0 Å². The Morgan fingerprint density at radius 1 is 1.02 bits per heavy atom. The normalized spacial score (nSPS) is 23.1. The van der Waals surface area contributed by atoms with Gasteiger partial charge in [0.15, 0.2) is 8.38 Å². The zero-order valence-corrected chi connectivity index (χ0v) is 34.4. The van der Waals surface area contributed by atoms with E-state index in [9.17, 15) is 29.0 Å². The lowest BCUT2D eigenvalue weighted by Crippen LogP contribution is -2.55. The molecule has 53 heavy (non-hydrogen) atoms. The summed E-state index contributed by atoms with van der Waals surface area (Å²) in [7, 11) is 2.48. The highest BCUT2D eigenvalue weighted by molar-refractivity contribution is 7.45. The Labute approximate surface area is 319 Å². The van der Waals surface area contributed by atoms with E-state index in [4.69, 9.17) is 9.47 Å². The quantitative estimate of drug-likeness (QED) is 0.157. The Morgan fingerprint density at radius 2 is 1.68 bits per heavy atom. The number of likely N-dealkylation sites (tertiary alicyclic amines) is 1. The van der Waals surface area contributed by atoms with Crippen LogP contribution in [0.15, 0.2) is 30.3 Å². The maximum absolute atomic E-state index is 13.7. The molecule has 302 valence electrons. The van der Waals surface area contributed by atoms with Gasteiger partial charge in [0, 0.05) is 33.9 Å². The number of hydrogen-bond donors (Lipinski definition) is 5. The van der Waals surface area contributed by atoms with Crippen molar-refractivity contribution in [3.63, 3.8) is 0 Å². The van der Waals surface area contributed by atoms with Crippen molar-refractivity contribution in [1.82, 2.24) is 25.8 Å². The fourth-order valence-corrected chi connectivity index (χ4v) is 8.01. The SMILES string of the molecule is CCC.CCC(C)C(C(CC(=O)N1CCCC1C(OC)C(C)C(=O)NCP(O)O)OC)N(C)C(=O)CNC(=O)C1NC2CCC1C2.Cc1ccccc1. The van der Waals surface area contributed by atoms with Crippen molar-refractivity contribution in [2.45, 2.75) is 129 Å². The van der Waals surface area contributed by atoms with E-state index in [0.717, 1.165) is 32.1 Å². The monoisotopic (exact) mass is 765 g/mol. The topological polar surface area (TPSA) is 170 Å². The van der Waals surface area contributed by atoms with E-state index in [2.05, 4.69) is 48.9 Å². The van der Waals surface area contributed by atoms with E-state index in [-0.39, 0.29) is 60.9 Å². The average Bonchev–Trinajstić information content (AvgIpc) is 3.92. The average molecular weight is 766 g/mol. The van der Waals surface area contributed by atoms with Crippen LogP contribution >= 0.6 is 8.38 Å². The zero-order chi connectivity index (χ0) is 39.7. The van der Waals surface area contributed by atoms with Gasteiger partial charge in [-0.05, 0) is 50.9 Å². The van der Waals surface area contributed by atoms with E-state index >= 15 is 0 Å². The van der Waals surface area contributed by atoms with Crippen LogP contribution < -0.4 is 16.0 Å². The number of ether oxygens (including phenoxy) is 2. The number of fused-ring (bicyclic) bond motifs is 2. The summed E-state index contributed by atoms with van der Waals surface area (Å²) in [4.78, 5) is 74.2. The largest absolute Gasteiger partial charge is 0.379 e. The summed E-state index contributed by atoms with van der Waals surface area (Å²) >= 11 is 0. The number of amides is 4. The molecule has 1 saturated carbocycles. The number of benzene rings is 1. The van der Waals surface area contributed by atoms with E-state index in [1.54, 1.807) is 23.8 Å². The first-order valence-electron chi connectivity index (χ1n) is 19.3. The second-order valence-corrected chi connectivity index (χ2v) is 15.8. The van der Waals surface area contributed by atoms with E-state index in [0.29, 0.717) is 24.9 Å². The summed E-state index contributed by atoms with van der Waals surface area (Å²) in [6, 6.07) is 9.67. The van der Waals surface area contributed by atoms with Gasteiger partial charge < -0.3 is 45.0 Å². The van der Waals surface area contributed by atoms with Crippen molar-refractivity contribution in [3.8, 4) is 0 Å². The van der Waals surface area contributed by atoms with Gasteiger partial charge in [-0.25, -0.2) is 0 Å². The van der Waals surface area contributed by atoms with Gasteiger partial charge in [0.1, 0.15) is 0 Å². The molecule has 0 spiro atoms. The number of likely N-dealkylation sites (N-methyl/N-ethyl adjacent to an activating group) is 1. The van der Waals surface area contributed by atoms with Crippen LogP contribution in [0.4, 0.5) is 0 Å². The maximum atomic E-state index is 13.7. The molecule has 2 heterocycles. The van der Waals surface area contributed by atoms with Crippen LogP contribution in [0, 0.1) is 24.7 Å². The molecule has 4 rings (SSSR count). The standard InChI is InChI=1S/C29H52N5O8P.C7H8.C3H8/c1-7-17(2)26(33(4)24(36)15-30-29(38)25-19-10-11-20(13-19)32-25)22(41-5)14-23(35)34-12-8-9-21(34)27(42-6)18(3)28(37)31-16-43(39)40;1-7-5-3-2-4-6-7;1-3-2/h17-22,25-27,32,39-40H,7-16H2,1-6H3,(H,30,38)(H,31,37);2-6H,1H3;3H2,1-2H3. The van der Waals surface area contributed by atoms with Gasteiger partial charge in [0.2, 0.25) is 23.6 Å². The summed E-state index contributed by atoms with van der Waals surface area (Å²) in [6.07, 6.45) is 5.20. The van der Waals surface area contributed by atoms with Crippen LogP contribution in [0.3, 0.4) is 0 Å². The molecule has 2 aliphatic heterocycles. The molecule has 3 fully saturated rings. The smallest absolute Gasteiger partial charge is 0.242 e. The molecular weight excluding hydrogens is 697 g/mol. The molecule has 9 atom stereocenters. The highest BCUT2D eigenvalue weighted by Gasteiger charge is 2.44. The Hall–Kier alpha value is -2.67. The first-order valence-corrected chi connectivity index (χ1v) is 20.8. The molecular formula is C39H68N5O8P. The van der Waals surface area contributed by atoms with E-state index < -0.39 is 32.5 Å². The number of nitrogens with one attached hydrogen (secondary N) is 3. The van der Waals surface area contributed by atoms with E-state index in [1.165, 1.54) is 26.2 Å².